The molecule has 25 heavy (non-hydrogen) atoms. The van der Waals surface area contributed by atoms with Gasteiger partial charge >= 0.3 is 0 Å². The number of carbonyl (C=O) groups is 2. The molecule has 7 nitrogen and oxygen atoms in total. The van der Waals surface area contributed by atoms with Crippen LogP contribution in [0.15, 0.2) is 39.9 Å². The third kappa shape index (κ3) is 1.80. The van der Waals surface area contributed by atoms with Gasteiger partial charge in [-0.25, -0.2) is 4.90 Å². The van der Waals surface area contributed by atoms with Gasteiger partial charge in [0.15, 0.2) is 0 Å². The lowest BCUT2D eigenvalue weighted by atomic mass is 9.63. The molecule has 1 aromatic carbocycles. The number of hydrogen-bond donors (Lipinski definition) is 2. The van der Waals surface area contributed by atoms with Crippen molar-refractivity contribution in [1.29, 1.82) is 0 Å². The summed E-state index contributed by atoms with van der Waals surface area (Å²) < 4.78 is 0. The highest BCUT2D eigenvalue weighted by atomic mass is 16.2. The molecule has 1 aliphatic heterocycles. The van der Waals surface area contributed by atoms with Crippen molar-refractivity contribution in [3.63, 3.8) is 0 Å². The van der Waals surface area contributed by atoms with E-state index in [9.17, 15) is 19.2 Å². The standard InChI is InChI=1S/C18H15N3O4/c22-15-11-6-5-10(7-12(11)16(23)20-19-15)21-17(24)13-8-1-2-9(4-3-8)14(13)18(21)25/h1-2,5-9,13-14H,3-4H2,(H,19,22)(H,20,23)/t8-,9+,13-,14+. The van der Waals surface area contributed by atoms with Crippen molar-refractivity contribution in [1.82, 2.24) is 10.2 Å². The molecule has 7 heteroatoms. The van der Waals surface area contributed by atoms with Gasteiger partial charge in [-0.15, -0.1) is 0 Å². The molecule has 1 saturated carbocycles. The molecule has 2 heterocycles. The number of aromatic amines is 2. The highest BCUT2D eigenvalue weighted by Crippen LogP contribution is 2.50. The van der Waals surface area contributed by atoms with Crippen LogP contribution >= 0.6 is 0 Å². The molecule has 126 valence electrons. The molecule has 2 N–H and O–H groups in total. The Morgan fingerprint density at radius 1 is 0.800 bits per heavy atom. The predicted octanol–water partition coefficient (Wildman–Crippen LogP) is 0.918. The molecular weight excluding hydrogens is 322 g/mol. The zero-order valence-corrected chi connectivity index (χ0v) is 13.2. The van der Waals surface area contributed by atoms with Gasteiger partial charge in [-0.1, -0.05) is 12.2 Å². The Bertz CT molecular complexity index is 1050. The maximum absolute atomic E-state index is 12.9. The molecule has 3 aliphatic carbocycles. The van der Waals surface area contributed by atoms with E-state index in [1.807, 2.05) is 0 Å². The molecule has 2 aromatic rings. The van der Waals surface area contributed by atoms with Crippen LogP contribution in [-0.4, -0.2) is 22.0 Å². The van der Waals surface area contributed by atoms with E-state index in [0.29, 0.717) is 5.69 Å². The number of anilines is 1. The smallest absolute Gasteiger partial charge is 0.270 e. The van der Waals surface area contributed by atoms with Gasteiger partial charge in [-0.3, -0.25) is 29.4 Å². The van der Waals surface area contributed by atoms with Crippen LogP contribution in [-0.2, 0) is 9.59 Å². The highest BCUT2D eigenvalue weighted by molar-refractivity contribution is 6.23. The fraction of sp³-hybridized carbons (Fsp3) is 0.333. The van der Waals surface area contributed by atoms with Crippen molar-refractivity contribution in [2.45, 2.75) is 12.8 Å². The van der Waals surface area contributed by atoms with Crippen LogP contribution in [0.1, 0.15) is 12.8 Å². The van der Waals surface area contributed by atoms with E-state index in [-0.39, 0.29) is 46.3 Å². The lowest BCUT2D eigenvalue weighted by Crippen LogP contribution is -2.38. The Morgan fingerprint density at radius 3 is 1.92 bits per heavy atom. The zero-order chi connectivity index (χ0) is 17.3. The van der Waals surface area contributed by atoms with Crippen molar-refractivity contribution in [3.05, 3.63) is 51.1 Å². The van der Waals surface area contributed by atoms with Crippen molar-refractivity contribution in [3.8, 4) is 0 Å². The van der Waals surface area contributed by atoms with Crippen LogP contribution in [0.4, 0.5) is 5.69 Å². The van der Waals surface area contributed by atoms with Gasteiger partial charge < -0.3 is 0 Å². The van der Waals surface area contributed by atoms with E-state index in [0.717, 1.165) is 12.8 Å². The first-order valence-electron chi connectivity index (χ1n) is 8.37. The van der Waals surface area contributed by atoms with Gasteiger partial charge in [0, 0.05) is 0 Å². The largest absolute Gasteiger partial charge is 0.274 e. The average molecular weight is 337 g/mol. The Morgan fingerprint density at radius 2 is 1.36 bits per heavy atom. The Hall–Kier alpha value is -2.96. The number of imide groups is 1. The summed E-state index contributed by atoms with van der Waals surface area (Å²) in [5.74, 6) is -0.774. The normalized spacial score (nSPS) is 30.3. The minimum Gasteiger partial charge on any atom is -0.274 e. The summed E-state index contributed by atoms with van der Waals surface area (Å²) in [4.78, 5) is 50.9. The first-order valence-corrected chi connectivity index (χ1v) is 8.37. The molecule has 1 saturated heterocycles. The summed E-state index contributed by atoms with van der Waals surface area (Å²) in [7, 11) is 0. The SMILES string of the molecule is O=C1[C@@H]2[C@H](C(=O)N1c1ccc3c(=O)[nH][nH]c(=O)c3c1)[C@@H]1C=C[C@H]2CC1. The number of aromatic nitrogens is 2. The molecule has 2 amide bonds. The zero-order valence-electron chi connectivity index (χ0n) is 13.2. The molecule has 0 spiro atoms. The minimum atomic E-state index is -0.463. The van der Waals surface area contributed by atoms with Crippen LogP contribution in [0.25, 0.3) is 10.8 Å². The number of rotatable bonds is 1. The number of carbonyl (C=O) groups excluding carboxylic acids is 2. The summed E-state index contributed by atoms with van der Waals surface area (Å²) in [6.07, 6.45) is 5.99. The van der Waals surface area contributed by atoms with Crippen LogP contribution < -0.4 is 16.0 Å². The lowest BCUT2D eigenvalue weighted by Gasteiger charge is -2.38. The summed E-state index contributed by atoms with van der Waals surface area (Å²) >= 11 is 0. The van der Waals surface area contributed by atoms with Gasteiger partial charge in [0.25, 0.3) is 11.1 Å². The number of benzene rings is 1. The third-order valence-corrected chi connectivity index (χ3v) is 5.80. The summed E-state index contributed by atoms with van der Waals surface area (Å²) in [5.41, 5.74) is -0.529. The van der Waals surface area contributed by atoms with Crippen LogP contribution in [0.3, 0.4) is 0 Å². The molecule has 1 aromatic heterocycles. The Balaban J connectivity index is 1.65. The number of nitrogens with one attached hydrogen (secondary N) is 2. The number of hydrogen-bond acceptors (Lipinski definition) is 4. The van der Waals surface area contributed by atoms with Crippen LogP contribution in [0.5, 0.6) is 0 Å². The fourth-order valence-corrected chi connectivity index (χ4v) is 4.63. The Kier molecular flexibility index (Phi) is 2.75. The second-order valence-electron chi connectivity index (χ2n) is 6.99. The maximum atomic E-state index is 12.9. The van der Waals surface area contributed by atoms with Gasteiger partial charge in [-0.05, 0) is 42.9 Å². The first kappa shape index (κ1) is 14.4. The number of allylic oxidation sites excluding steroid dienone is 2. The molecule has 6 rings (SSSR count). The van der Waals surface area contributed by atoms with E-state index in [4.69, 9.17) is 0 Å². The molecule has 4 atom stereocenters. The molecule has 2 bridgehead atoms. The quantitative estimate of drug-likeness (QED) is 0.596. The Labute approximate surface area is 141 Å². The number of H-pyrrole nitrogens is 2. The molecule has 4 aliphatic rings. The van der Waals surface area contributed by atoms with Crippen molar-refractivity contribution < 1.29 is 9.59 Å². The fourth-order valence-electron chi connectivity index (χ4n) is 4.63. The van der Waals surface area contributed by atoms with E-state index in [2.05, 4.69) is 22.3 Å². The first-order chi connectivity index (χ1) is 12.1. The molecule has 0 unspecified atom stereocenters. The molecule has 0 radical (unpaired) electrons. The maximum Gasteiger partial charge on any atom is 0.270 e. The average Bonchev–Trinajstić information content (AvgIpc) is 2.92. The number of nitrogens with zero attached hydrogens (tertiary/aromatic N) is 1. The van der Waals surface area contributed by atoms with Crippen molar-refractivity contribution >= 4 is 28.3 Å². The van der Waals surface area contributed by atoms with Crippen molar-refractivity contribution in [2.75, 3.05) is 4.90 Å². The lowest BCUT2D eigenvalue weighted by molar-refractivity contribution is -0.124. The second-order valence-corrected chi connectivity index (χ2v) is 6.99. The van der Waals surface area contributed by atoms with Crippen molar-refractivity contribution in [2.24, 2.45) is 23.7 Å². The van der Waals surface area contributed by atoms with E-state index in [1.54, 1.807) is 6.07 Å². The van der Waals surface area contributed by atoms with Gasteiger partial charge in [-0.2, -0.15) is 0 Å². The molecule has 2 fully saturated rings. The monoisotopic (exact) mass is 337 g/mol. The van der Waals surface area contributed by atoms with E-state index < -0.39 is 11.1 Å². The van der Waals surface area contributed by atoms with Crippen LogP contribution in [0.2, 0.25) is 0 Å². The van der Waals surface area contributed by atoms with Crippen LogP contribution in [0, 0.1) is 23.7 Å². The predicted molar refractivity (Wildman–Crippen MR) is 90.0 cm³/mol. The summed E-state index contributed by atoms with van der Waals surface area (Å²) in [6, 6.07) is 4.49. The highest BCUT2D eigenvalue weighted by Gasteiger charge is 2.56. The topological polar surface area (TPSA) is 103 Å². The molecular formula is C18H15N3O4. The number of fused-ring (bicyclic) bond motifs is 2. The van der Waals surface area contributed by atoms with E-state index in [1.165, 1.54) is 17.0 Å². The third-order valence-electron chi connectivity index (χ3n) is 5.80. The minimum absolute atomic E-state index is 0.114. The number of amides is 2. The summed E-state index contributed by atoms with van der Waals surface area (Å²) in [6.45, 7) is 0. The van der Waals surface area contributed by atoms with Gasteiger partial charge in [0.05, 0.1) is 28.3 Å². The van der Waals surface area contributed by atoms with Gasteiger partial charge in [0.1, 0.15) is 0 Å². The second kappa shape index (κ2) is 4.78. The van der Waals surface area contributed by atoms with E-state index >= 15 is 0 Å². The van der Waals surface area contributed by atoms with Gasteiger partial charge in [0.2, 0.25) is 11.8 Å². The summed E-state index contributed by atoms with van der Waals surface area (Å²) in [5, 5.41) is 4.92.